The van der Waals surface area contributed by atoms with Crippen LogP contribution >= 0.6 is 11.3 Å². The lowest BCUT2D eigenvalue weighted by atomic mass is 9.98. The van der Waals surface area contributed by atoms with E-state index in [1.54, 1.807) is 11.3 Å². The van der Waals surface area contributed by atoms with Crippen LogP contribution in [0.2, 0.25) is 0 Å². The van der Waals surface area contributed by atoms with Crippen LogP contribution in [0.15, 0.2) is 0 Å². The van der Waals surface area contributed by atoms with Crippen LogP contribution in [0.4, 0.5) is 0 Å². The number of carbonyl (C=O) groups is 1. The molecule has 0 amide bonds. The van der Waals surface area contributed by atoms with Gasteiger partial charge in [0.25, 0.3) is 0 Å². The summed E-state index contributed by atoms with van der Waals surface area (Å²) in [7, 11) is 1.43. The van der Waals surface area contributed by atoms with Gasteiger partial charge in [-0.25, -0.2) is 4.98 Å². The summed E-state index contributed by atoms with van der Waals surface area (Å²) in [6.07, 6.45) is 0. The number of aromatic nitrogens is 1. The third-order valence-electron chi connectivity index (χ3n) is 3.42. The third-order valence-corrected chi connectivity index (χ3v) is 5.18. The largest absolute Gasteiger partial charge is 0.468 e. The van der Waals surface area contributed by atoms with Gasteiger partial charge in [-0.2, -0.15) is 0 Å². The fourth-order valence-corrected chi connectivity index (χ4v) is 3.27. The van der Waals surface area contributed by atoms with Gasteiger partial charge in [0.15, 0.2) is 0 Å². The molecule has 0 saturated heterocycles. The quantitative estimate of drug-likeness (QED) is 0.844. The van der Waals surface area contributed by atoms with Crippen LogP contribution in [0.1, 0.15) is 63.2 Å². The summed E-state index contributed by atoms with van der Waals surface area (Å²) in [5.41, 5.74) is 1.09. The number of esters is 1. The van der Waals surface area contributed by atoms with Crippen LogP contribution in [-0.2, 0) is 14.9 Å². The standard InChI is InChI=1S/C16H28N2O2S/c1-9(2)12(14(19)20-8)17-10(3)13-11(4)18-15(21-13)16(5,6)7/h9-10,12,17H,1-8H3/t10?,12-/m0/s1. The van der Waals surface area contributed by atoms with Crippen LogP contribution in [0.25, 0.3) is 0 Å². The molecule has 4 nitrogen and oxygen atoms in total. The maximum atomic E-state index is 11.9. The van der Waals surface area contributed by atoms with Crippen molar-refractivity contribution in [1.82, 2.24) is 10.3 Å². The Bertz CT molecular complexity index is 489. The lowest BCUT2D eigenvalue weighted by molar-refractivity contribution is -0.144. The number of aryl methyl sites for hydroxylation is 1. The summed E-state index contributed by atoms with van der Waals surface area (Å²) < 4.78 is 4.89. The zero-order valence-corrected chi connectivity index (χ0v) is 15.2. The number of ether oxygens (including phenoxy) is 1. The molecule has 2 atom stereocenters. The molecular formula is C16H28N2O2S. The van der Waals surface area contributed by atoms with Crippen molar-refractivity contribution < 1.29 is 9.53 Å². The van der Waals surface area contributed by atoms with Crippen molar-refractivity contribution >= 4 is 17.3 Å². The first-order chi connectivity index (χ1) is 9.57. The Hall–Kier alpha value is -0.940. The highest BCUT2D eigenvalue weighted by Crippen LogP contribution is 2.32. The molecule has 0 aliphatic carbocycles. The van der Waals surface area contributed by atoms with Crippen molar-refractivity contribution in [2.45, 2.75) is 66.0 Å². The van der Waals surface area contributed by atoms with Gasteiger partial charge in [-0.15, -0.1) is 11.3 Å². The van der Waals surface area contributed by atoms with E-state index in [0.717, 1.165) is 10.7 Å². The Balaban J connectivity index is 2.95. The minimum Gasteiger partial charge on any atom is -0.468 e. The first-order valence-electron chi connectivity index (χ1n) is 7.39. The second-order valence-electron chi connectivity index (χ2n) is 6.85. The van der Waals surface area contributed by atoms with Gasteiger partial charge in [-0.05, 0) is 19.8 Å². The molecule has 1 N–H and O–H groups in total. The maximum absolute atomic E-state index is 11.9. The smallest absolute Gasteiger partial charge is 0.323 e. The van der Waals surface area contributed by atoms with Crippen molar-refractivity contribution in [3.05, 3.63) is 15.6 Å². The summed E-state index contributed by atoms with van der Waals surface area (Å²) in [5.74, 6) is -0.0368. The van der Waals surface area contributed by atoms with E-state index in [-0.39, 0.29) is 29.4 Å². The first-order valence-corrected chi connectivity index (χ1v) is 8.21. The van der Waals surface area contributed by atoms with Gasteiger partial charge in [-0.1, -0.05) is 34.6 Å². The predicted octanol–water partition coefficient (Wildman–Crippen LogP) is 3.60. The molecule has 1 aromatic rings. The lowest BCUT2D eigenvalue weighted by Crippen LogP contribution is -2.42. The number of carbonyl (C=O) groups excluding carboxylic acids is 1. The van der Waals surface area contributed by atoms with Crippen molar-refractivity contribution in [3.8, 4) is 0 Å². The lowest BCUT2D eigenvalue weighted by Gasteiger charge is -2.24. The molecule has 0 aromatic carbocycles. The number of methoxy groups -OCH3 is 1. The highest BCUT2D eigenvalue weighted by Gasteiger charge is 2.28. The average Bonchev–Trinajstić information content (AvgIpc) is 2.76. The fraction of sp³-hybridized carbons (Fsp3) is 0.750. The molecule has 120 valence electrons. The molecule has 0 fully saturated rings. The fourth-order valence-electron chi connectivity index (χ4n) is 2.14. The number of nitrogens with zero attached hydrogens (tertiary/aromatic N) is 1. The van der Waals surface area contributed by atoms with Crippen molar-refractivity contribution in [1.29, 1.82) is 0 Å². The molecule has 21 heavy (non-hydrogen) atoms. The Kier molecular flexibility index (Phi) is 5.93. The second kappa shape index (κ2) is 6.88. The zero-order valence-electron chi connectivity index (χ0n) is 14.4. The summed E-state index contributed by atoms with van der Waals surface area (Å²) in [6, 6.07) is -0.227. The summed E-state index contributed by atoms with van der Waals surface area (Å²) in [4.78, 5) is 17.7. The summed E-state index contributed by atoms with van der Waals surface area (Å²) >= 11 is 1.72. The van der Waals surface area contributed by atoms with Crippen molar-refractivity contribution in [2.75, 3.05) is 7.11 Å². The van der Waals surface area contributed by atoms with Gasteiger partial charge >= 0.3 is 5.97 Å². The SMILES string of the molecule is COC(=O)[C@@H](NC(C)c1sc(C(C)(C)C)nc1C)C(C)C. The normalized spacial score (nSPS) is 15.1. The van der Waals surface area contributed by atoms with Crippen LogP contribution in [-0.4, -0.2) is 24.1 Å². The van der Waals surface area contributed by atoms with E-state index >= 15 is 0 Å². The predicted molar refractivity (Wildman–Crippen MR) is 87.7 cm³/mol. The first kappa shape index (κ1) is 18.1. The van der Waals surface area contributed by atoms with E-state index in [1.807, 2.05) is 20.8 Å². The number of thiazole rings is 1. The number of hydrogen-bond acceptors (Lipinski definition) is 5. The zero-order chi connectivity index (χ0) is 16.4. The van der Waals surface area contributed by atoms with Gasteiger partial charge in [-0.3, -0.25) is 10.1 Å². The van der Waals surface area contributed by atoms with E-state index in [9.17, 15) is 4.79 Å². The van der Waals surface area contributed by atoms with Gasteiger partial charge in [0.05, 0.1) is 17.8 Å². The number of hydrogen-bond donors (Lipinski definition) is 1. The number of nitrogens with one attached hydrogen (secondary N) is 1. The monoisotopic (exact) mass is 312 g/mol. The van der Waals surface area contributed by atoms with Gasteiger partial charge in [0, 0.05) is 16.3 Å². The Morgan fingerprint density at radius 1 is 1.29 bits per heavy atom. The van der Waals surface area contributed by atoms with E-state index in [0.29, 0.717) is 0 Å². The van der Waals surface area contributed by atoms with Gasteiger partial charge < -0.3 is 4.74 Å². The molecule has 1 aromatic heterocycles. The molecule has 0 aliphatic rings. The molecule has 0 aliphatic heterocycles. The van der Waals surface area contributed by atoms with E-state index in [1.165, 1.54) is 12.0 Å². The summed E-state index contributed by atoms with van der Waals surface area (Å²) in [5, 5.41) is 4.51. The molecule has 0 radical (unpaired) electrons. The van der Waals surface area contributed by atoms with Crippen LogP contribution in [0, 0.1) is 12.8 Å². The van der Waals surface area contributed by atoms with E-state index in [4.69, 9.17) is 4.74 Å². The molecule has 0 spiro atoms. The Morgan fingerprint density at radius 3 is 2.24 bits per heavy atom. The van der Waals surface area contributed by atoms with Crippen LogP contribution in [0.5, 0.6) is 0 Å². The van der Waals surface area contributed by atoms with Crippen LogP contribution in [0.3, 0.4) is 0 Å². The molecule has 1 heterocycles. The topological polar surface area (TPSA) is 51.2 Å². The second-order valence-corrected chi connectivity index (χ2v) is 7.88. The van der Waals surface area contributed by atoms with E-state index in [2.05, 4.69) is 38.0 Å². The molecule has 5 heteroatoms. The van der Waals surface area contributed by atoms with Crippen molar-refractivity contribution in [3.63, 3.8) is 0 Å². The highest BCUT2D eigenvalue weighted by molar-refractivity contribution is 7.12. The number of rotatable bonds is 5. The Labute approximate surface area is 132 Å². The van der Waals surface area contributed by atoms with Gasteiger partial charge in [0.2, 0.25) is 0 Å². The molecular weight excluding hydrogens is 284 g/mol. The van der Waals surface area contributed by atoms with E-state index < -0.39 is 0 Å². The van der Waals surface area contributed by atoms with Crippen molar-refractivity contribution in [2.24, 2.45) is 5.92 Å². The van der Waals surface area contributed by atoms with Crippen LogP contribution < -0.4 is 5.32 Å². The van der Waals surface area contributed by atoms with Gasteiger partial charge in [0.1, 0.15) is 6.04 Å². The summed E-state index contributed by atoms with van der Waals surface area (Å²) in [6.45, 7) is 14.6. The average molecular weight is 312 g/mol. The molecule has 1 unspecified atom stereocenters. The maximum Gasteiger partial charge on any atom is 0.323 e. The highest BCUT2D eigenvalue weighted by atomic mass is 32.1. The molecule has 0 saturated carbocycles. The third kappa shape index (κ3) is 4.51. The molecule has 1 rings (SSSR count). The molecule has 0 bridgehead atoms. The minimum atomic E-state index is -0.301. The Morgan fingerprint density at radius 2 is 1.86 bits per heavy atom. The minimum absolute atomic E-state index is 0.0488.